The van der Waals surface area contributed by atoms with Crippen molar-refractivity contribution in [2.75, 3.05) is 5.32 Å². The molecule has 2 rings (SSSR count). The molecule has 0 radical (unpaired) electrons. The van der Waals surface area contributed by atoms with Crippen LogP contribution in [0.5, 0.6) is 0 Å². The van der Waals surface area contributed by atoms with Gasteiger partial charge in [0.2, 0.25) is 0 Å². The summed E-state index contributed by atoms with van der Waals surface area (Å²) in [6.45, 7) is 0. The predicted molar refractivity (Wildman–Crippen MR) is 66.3 cm³/mol. The summed E-state index contributed by atoms with van der Waals surface area (Å²) >= 11 is 3.27. The van der Waals surface area contributed by atoms with Crippen LogP contribution in [0.2, 0.25) is 0 Å². The van der Waals surface area contributed by atoms with E-state index < -0.39 is 0 Å². The number of halogens is 1. The molecule has 0 aliphatic carbocycles. The number of carbonyl (C=O) groups excluding carboxylic acids is 1. The van der Waals surface area contributed by atoms with Gasteiger partial charge in [-0.1, -0.05) is 18.2 Å². The molecule has 0 saturated heterocycles. The number of pyridine rings is 1. The summed E-state index contributed by atoms with van der Waals surface area (Å²) in [7, 11) is 0. The number of amides is 1. The number of nitrogens with one attached hydrogen (secondary N) is 1. The van der Waals surface area contributed by atoms with Crippen molar-refractivity contribution in [2.24, 2.45) is 0 Å². The van der Waals surface area contributed by atoms with E-state index in [0.29, 0.717) is 5.69 Å². The van der Waals surface area contributed by atoms with Gasteiger partial charge in [-0.25, -0.2) is 4.98 Å². The maximum atomic E-state index is 11.7. The number of benzene rings is 1. The van der Waals surface area contributed by atoms with Gasteiger partial charge in [-0.05, 0) is 40.2 Å². The van der Waals surface area contributed by atoms with E-state index in [0.717, 1.165) is 10.2 Å². The fraction of sp³-hybridized carbons (Fsp3) is 0. The van der Waals surface area contributed by atoms with E-state index in [1.807, 2.05) is 30.3 Å². The van der Waals surface area contributed by atoms with Crippen LogP contribution in [0.15, 0.2) is 53.1 Å². The topological polar surface area (TPSA) is 42.0 Å². The third kappa shape index (κ3) is 2.67. The number of hydrogen-bond donors (Lipinski definition) is 1. The molecule has 3 nitrogen and oxygen atoms in total. The van der Waals surface area contributed by atoms with Crippen molar-refractivity contribution in [2.45, 2.75) is 0 Å². The number of para-hydroxylation sites is 1. The summed E-state index contributed by atoms with van der Waals surface area (Å²) in [5, 5.41) is 2.76. The highest BCUT2D eigenvalue weighted by molar-refractivity contribution is 9.10. The van der Waals surface area contributed by atoms with Crippen LogP contribution in [0.1, 0.15) is 10.5 Å². The first-order chi connectivity index (χ1) is 7.75. The first-order valence-electron chi connectivity index (χ1n) is 4.73. The van der Waals surface area contributed by atoms with E-state index in [1.54, 1.807) is 18.3 Å². The Bertz CT molecular complexity index is 482. The zero-order valence-corrected chi connectivity index (χ0v) is 9.94. The summed E-state index contributed by atoms with van der Waals surface area (Å²) in [5.41, 5.74) is 1.16. The third-order valence-electron chi connectivity index (χ3n) is 1.99. The molecule has 1 aromatic carbocycles. The Morgan fingerprint density at radius 2 is 1.88 bits per heavy atom. The van der Waals surface area contributed by atoms with Gasteiger partial charge in [0.15, 0.2) is 0 Å². The number of anilines is 1. The molecule has 80 valence electrons. The molecule has 0 fully saturated rings. The lowest BCUT2D eigenvalue weighted by Crippen LogP contribution is -2.13. The molecule has 0 aliphatic heterocycles. The van der Waals surface area contributed by atoms with Gasteiger partial charge in [-0.3, -0.25) is 4.79 Å². The summed E-state index contributed by atoms with van der Waals surface area (Å²) in [4.78, 5) is 15.8. The van der Waals surface area contributed by atoms with Gasteiger partial charge in [-0.15, -0.1) is 0 Å². The van der Waals surface area contributed by atoms with Crippen molar-refractivity contribution in [3.05, 3.63) is 58.8 Å². The van der Waals surface area contributed by atoms with Crippen molar-refractivity contribution in [3.63, 3.8) is 0 Å². The monoisotopic (exact) mass is 276 g/mol. The van der Waals surface area contributed by atoms with E-state index in [2.05, 4.69) is 26.2 Å². The Morgan fingerprint density at radius 1 is 1.12 bits per heavy atom. The van der Waals surface area contributed by atoms with Gasteiger partial charge in [0.05, 0.1) is 0 Å². The second-order valence-corrected chi connectivity index (χ2v) is 4.10. The lowest BCUT2D eigenvalue weighted by Gasteiger charge is -2.03. The number of hydrogen-bond acceptors (Lipinski definition) is 2. The van der Waals surface area contributed by atoms with Crippen molar-refractivity contribution < 1.29 is 4.79 Å². The quantitative estimate of drug-likeness (QED) is 0.916. The van der Waals surface area contributed by atoms with Crippen molar-refractivity contribution >= 4 is 27.5 Å². The molecule has 0 aliphatic rings. The minimum atomic E-state index is -0.210. The smallest absolute Gasteiger partial charge is 0.274 e. The average molecular weight is 277 g/mol. The zero-order valence-electron chi connectivity index (χ0n) is 8.35. The normalized spacial score (nSPS) is 9.81. The number of aromatic nitrogens is 1. The van der Waals surface area contributed by atoms with Crippen LogP contribution in [0.25, 0.3) is 0 Å². The van der Waals surface area contributed by atoms with E-state index in [4.69, 9.17) is 0 Å². The molecule has 0 saturated carbocycles. The number of rotatable bonds is 2. The van der Waals surface area contributed by atoms with Crippen LogP contribution in [0.4, 0.5) is 5.69 Å². The second-order valence-electron chi connectivity index (χ2n) is 3.18. The highest BCUT2D eigenvalue weighted by Crippen LogP contribution is 2.10. The van der Waals surface area contributed by atoms with Crippen LogP contribution in [0, 0.1) is 0 Å². The van der Waals surface area contributed by atoms with Crippen LogP contribution < -0.4 is 5.32 Å². The predicted octanol–water partition coefficient (Wildman–Crippen LogP) is 3.10. The van der Waals surface area contributed by atoms with Crippen LogP contribution in [-0.2, 0) is 0 Å². The largest absolute Gasteiger partial charge is 0.321 e. The molecule has 4 heteroatoms. The van der Waals surface area contributed by atoms with E-state index in [-0.39, 0.29) is 5.91 Å². The molecule has 1 aromatic heterocycles. The zero-order chi connectivity index (χ0) is 11.4. The summed E-state index contributed by atoms with van der Waals surface area (Å²) in [5.74, 6) is -0.210. The van der Waals surface area contributed by atoms with Gasteiger partial charge < -0.3 is 5.32 Å². The lowest BCUT2D eigenvalue weighted by atomic mass is 10.3. The van der Waals surface area contributed by atoms with E-state index in [1.165, 1.54) is 0 Å². The Kier molecular flexibility index (Phi) is 3.31. The third-order valence-corrected chi connectivity index (χ3v) is 2.46. The second kappa shape index (κ2) is 4.90. The fourth-order valence-electron chi connectivity index (χ4n) is 1.23. The molecule has 0 bridgehead atoms. The Labute approximate surface area is 102 Å². The summed E-state index contributed by atoms with van der Waals surface area (Å²) in [6.07, 6.45) is 1.60. The molecule has 1 amide bonds. The maximum Gasteiger partial charge on any atom is 0.274 e. The average Bonchev–Trinajstić information content (AvgIpc) is 2.31. The molecule has 0 atom stereocenters. The Morgan fingerprint density at radius 3 is 2.50 bits per heavy atom. The molecule has 1 N–H and O–H groups in total. The molecule has 1 heterocycles. The molecule has 0 unspecified atom stereocenters. The van der Waals surface area contributed by atoms with E-state index >= 15 is 0 Å². The lowest BCUT2D eigenvalue weighted by molar-refractivity contribution is 0.102. The molecule has 0 spiro atoms. The van der Waals surface area contributed by atoms with Gasteiger partial charge in [0, 0.05) is 16.4 Å². The highest BCUT2D eigenvalue weighted by atomic mass is 79.9. The van der Waals surface area contributed by atoms with Crippen LogP contribution >= 0.6 is 15.9 Å². The highest BCUT2D eigenvalue weighted by Gasteiger charge is 2.06. The van der Waals surface area contributed by atoms with Crippen LogP contribution in [-0.4, -0.2) is 10.9 Å². The van der Waals surface area contributed by atoms with Gasteiger partial charge in [-0.2, -0.15) is 0 Å². The molecule has 16 heavy (non-hydrogen) atoms. The van der Waals surface area contributed by atoms with Crippen molar-refractivity contribution in [1.29, 1.82) is 0 Å². The van der Waals surface area contributed by atoms with Crippen molar-refractivity contribution in [3.8, 4) is 0 Å². The molecular formula is C12H9BrN2O. The van der Waals surface area contributed by atoms with Crippen LogP contribution in [0.3, 0.4) is 0 Å². The maximum absolute atomic E-state index is 11.7. The van der Waals surface area contributed by atoms with Gasteiger partial charge in [0.1, 0.15) is 5.69 Å². The molecule has 2 aromatic rings. The molecular weight excluding hydrogens is 268 g/mol. The van der Waals surface area contributed by atoms with Gasteiger partial charge >= 0.3 is 0 Å². The minimum Gasteiger partial charge on any atom is -0.321 e. The first kappa shape index (κ1) is 10.8. The fourth-order valence-corrected chi connectivity index (χ4v) is 1.46. The number of carbonyl (C=O) groups is 1. The standard InChI is InChI=1S/C12H9BrN2O/c13-9-6-7-11(14-8-9)12(16)15-10-4-2-1-3-5-10/h1-8H,(H,15,16). The van der Waals surface area contributed by atoms with Crippen molar-refractivity contribution in [1.82, 2.24) is 4.98 Å². The summed E-state index contributed by atoms with van der Waals surface area (Å²) < 4.78 is 0.851. The Hall–Kier alpha value is -1.68. The SMILES string of the molecule is O=C(Nc1ccccc1)c1ccc(Br)cn1. The van der Waals surface area contributed by atoms with E-state index in [9.17, 15) is 4.79 Å². The Balaban J connectivity index is 2.12. The van der Waals surface area contributed by atoms with Gasteiger partial charge in [0.25, 0.3) is 5.91 Å². The minimum absolute atomic E-state index is 0.210. The number of nitrogens with zero attached hydrogens (tertiary/aromatic N) is 1. The first-order valence-corrected chi connectivity index (χ1v) is 5.53. The summed E-state index contributed by atoms with van der Waals surface area (Å²) in [6, 6.07) is 12.7.